The van der Waals surface area contributed by atoms with Gasteiger partial charge in [0.05, 0.1) is 35.4 Å². The number of aromatic amines is 1. The second kappa shape index (κ2) is 9.88. The van der Waals surface area contributed by atoms with Crippen LogP contribution in [0.25, 0.3) is 11.0 Å². The molecule has 1 saturated carbocycles. The van der Waals surface area contributed by atoms with E-state index in [1.807, 2.05) is 24.3 Å². The highest BCUT2D eigenvalue weighted by Crippen LogP contribution is 2.51. The van der Waals surface area contributed by atoms with E-state index in [1.54, 1.807) is 6.33 Å². The number of hydrogen-bond acceptors (Lipinski definition) is 4. The topological polar surface area (TPSA) is 90.1 Å². The third-order valence-electron chi connectivity index (χ3n) is 8.99. The van der Waals surface area contributed by atoms with Crippen LogP contribution in [-0.4, -0.2) is 39.3 Å². The molecule has 7 nitrogen and oxygen atoms in total. The van der Waals surface area contributed by atoms with Gasteiger partial charge in [0.1, 0.15) is 0 Å². The number of imidazole rings is 1. The minimum atomic E-state index is -0.215. The molecular formula is C32H33N5O2. The molecule has 0 bridgehead atoms. The molecule has 0 spiro atoms. The molecule has 7 rings (SSSR count). The first-order chi connectivity index (χ1) is 19.2. The summed E-state index contributed by atoms with van der Waals surface area (Å²) in [6.07, 6.45) is 6.23. The third kappa shape index (κ3) is 4.26. The Kier molecular flexibility index (Phi) is 6.06. The van der Waals surface area contributed by atoms with E-state index in [9.17, 15) is 9.59 Å². The van der Waals surface area contributed by atoms with E-state index in [0.29, 0.717) is 11.5 Å². The molecule has 1 aromatic heterocycles. The summed E-state index contributed by atoms with van der Waals surface area (Å²) in [4.78, 5) is 37.1. The summed E-state index contributed by atoms with van der Waals surface area (Å²) < 4.78 is 0. The lowest BCUT2D eigenvalue weighted by Gasteiger charge is -2.42. The summed E-state index contributed by atoms with van der Waals surface area (Å²) in [5, 5.41) is 7.02. The molecule has 0 radical (unpaired) electrons. The number of fused-ring (bicyclic) bond motifs is 4. The molecule has 3 aliphatic rings. The van der Waals surface area contributed by atoms with Gasteiger partial charge in [0.25, 0.3) is 5.91 Å². The SMILES string of the molecule is O=C(N[C@@H]1CCCC[C@@H]1C(=O)N1CC[C@H]2[C@H](c3ccccc3)Nc3ccccc3[C@@H]21)c1ccc2[nH]cnc2c1. The van der Waals surface area contributed by atoms with Gasteiger partial charge >= 0.3 is 0 Å². The van der Waals surface area contributed by atoms with E-state index < -0.39 is 0 Å². The van der Waals surface area contributed by atoms with Gasteiger partial charge in [0.15, 0.2) is 0 Å². The van der Waals surface area contributed by atoms with Crippen molar-refractivity contribution >= 4 is 28.5 Å². The molecule has 0 unspecified atom stereocenters. The number of likely N-dealkylation sites (tertiary alicyclic amines) is 1. The fourth-order valence-corrected chi connectivity index (χ4v) is 7.10. The monoisotopic (exact) mass is 519 g/mol. The number of nitrogens with zero attached hydrogens (tertiary/aromatic N) is 2. The van der Waals surface area contributed by atoms with Crippen molar-refractivity contribution in [2.75, 3.05) is 11.9 Å². The molecule has 1 aliphatic carbocycles. The summed E-state index contributed by atoms with van der Waals surface area (Å²) in [7, 11) is 0. The molecule has 3 aromatic carbocycles. The number of anilines is 1. The molecule has 2 fully saturated rings. The van der Waals surface area contributed by atoms with Crippen molar-refractivity contribution in [2.45, 2.75) is 50.2 Å². The number of carbonyl (C=O) groups excluding carboxylic acids is 2. The first-order valence-electron chi connectivity index (χ1n) is 14.1. The fourth-order valence-electron chi connectivity index (χ4n) is 7.10. The van der Waals surface area contributed by atoms with Gasteiger partial charge in [-0.2, -0.15) is 0 Å². The highest BCUT2D eigenvalue weighted by Gasteiger charge is 2.48. The lowest BCUT2D eigenvalue weighted by molar-refractivity contribution is -0.138. The molecule has 2 aliphatic heterocycles. The Labute approximate surface area is 228 Å². The third-order valence-corrected chi connectivity index (χ3v) is 8.99. The van der Waals surface area contributed by atoms with Gasteiger partial charge < -0.3 is 20.5 Å². The maximum absolute atomic E-state index is 14.3. The van der Waals surface area contributed by atoms with Crippen molar-refractivity contribution in [3.63, 3.8) is 0 Å². The second-order valence-corrected chi connectivity index (χ2v) is 11.2. The minimum absolute atomic E-state index is 0.0282. The Bertz CT molecular complexity index is 1520. The van der Waals surface area contributed by atoms with Crippen LogP contribution in [0.1, 0.15) is 65.7 Å². The molecule has 3 N–H and O–H groups in total. The van der Waals surface area contributed by atoms with Gasteiger partial charge in [-0.15, -0.1) is 0 Å². The second-order valence-electron chi connectivity index (χ2n) is 11.2. The van der Waals surface area contributed by atoms with Crippen molar-refractivity contribution in [3.05, 3.63) is 95.8 Å². The largest absolute Gasteiger partial charge is 0.378 e. The normalized spacial score (nSPS) is 25.9. The molecular weight excluding hydrogens is 486 g/mol. The lowest BCUT2D eigenvalue weighted by Crippen LogP contribution is -2.50. The quantitative estimate of drug-likeness (QED) is 0.327. The van der Waals surface area contributed by atoms with Crippen molar-refractivity contribution in [1.82, 2.24) is 20.2 Å². The maximum Gasteiger partial charge on any atom is 0.251 e. The Hall–Kier alpha value is -4.13. The van der Waals surface area contributed by atoms with Crippen molar-refractivity contribution in [1.29, 1.82) is 0 Å². The van der Waals surface area contributed by atoms with Gasteiger partial charge in [-0.05, 0) is 54.7 Å². The van der Waals surface area contributed by atoms with E-state index in [4.69, 9.17) is 0 Å². The van der Waals surface area contributed by atoms with Gasteiger partial charge in [0, 0.05) is 29.8 Å². The molecule has 3 heterocycles. The van der Waals surface area contributed by atoms with Gasteiger partial charge in [-0.3, -0.25) is 9.59 Å². The number of H-pyrrole nitrogens is 1. The average Bonchev–Trinajstić information content (AvgIpc) is 3.64. The Morgan fingerprint density at radius 2 is 1.74 bits per heavy atom. The van der Waals surface area contributed by atoms with E-state index in [-0.39, 0.29) is 35.9 Å². The van der Waals surface area contributed by atoms with Crippen LogP contribution < -0.4 is 10.6 Å². The molecule has 4 aromatic rings. The standard InChI is InChI=1S/C32H33N5O2/c38-31(21-14-15-27-28(18-21)34-19-33-27)36-26-13-7-5-11-23(26)32(39)37-17-16-24-29(20-8-2-1-3-9-20)35-25-12-6-4-10-22(25)30(24)37/h1-4,6,8-10,12,14-15,18-19,23-24,26,29-30,35H,5,7,11,13,16-17H2,(H,33,34)(H,36,38)/t23-,24-,26+,29-,30-/m0/s1. The van der Waals surface area contributed by atoms with Crippen LogP contribution in [0, 0.1) is 11.8 Å². The highest BCUT2D eigenvalue weighted by molar-refractivity contribution is 5.97. The maximum atomic E-state index is 14.3. The summed E-state index contributed by atoms with van der Waals surface area (Å²) in [5.41, 5.74) is 5.80. The number of aromatic nitrogens is 2. The van der Waals surface area contributed by atoms with E-state index in [1.165, 1.54) is 11.1 Å². The van der Waals surface area contributed by atoms with Crippen molar-refractivity contribution in [3.8, 4) is 0 Å². The number of carbonyl (C=O) groups is 2. The first-order valence-corrected chi connectivity index (χ1v) is 14.1. The zero-order chi connectivity index (χ0) is 26.3. The van der Waals surface area contributed by atoms with Crippen LogP contribution in [0.5, 0.6) is 0 Å². The first kappa shape index (κ1) is 23.9. The zero-order valence-corrected chi connectivity index (χ0v) is 21.8. The van der Waals surface area contributed by atoms with E-state index >= 15 is 0 Å². The van der Waals surface area contributed by atoms with Crippen LogP contribution in [0.4, 0.5) is 5.69 Å². The molecule has 2 amide bonds. The van der Waals surface area contributed by atoms with Crippen LogP contribution in [0.15, 0.2) is 79.1 Å². The number of hydrogen-bond donors (Lipinski definition) is 3. The van der Waals surface area contributed by atoms with Gasteiger partial charge in [-0.1, -0.05) is 61.4 Å². The Balaban J connectivity index is 1.15. The summed E-state index contributed by atoms with van der Waals surface area (Å²) >= 11 is 0. The van der Waals surface area contributed by atoms with Crippen molar-refractivity contribution in [2.24, 2.45) is 11.8 Å². The van der Waals surface area contributed by atoms with Crippen molar-refractivity contribution < 1.29 is 9.59 Å². The van der Waals surface area contributed by atoms with E-state index in [2.05, 4.69) is 74.0 Å². The number of amides is 2. The Morgan fingerprint density at radius 3 is 2.64 bits per heavy atom. The van der Waals surface area contributed by atoms with E-state index in [0.717, 1.165) is 55.4 Å². The van der Waals surface area contributed by atoms with Crippen LogP contribution in [0.2, 0.25) is 0 Å². The average molecular weight is 520 g/mol. The Morgan fingerprint density at radius 1 is 0.923 bits per heavy atom. The predicted molar refractivity (Wildman–Crippen MR) is 151 cm³/mol. The molecule has 5 atom stereocenters. The minimum Gasteiger partial charge on any atom is -0.378 e. The number of para-hydroxylation sites is 1. The molecule has 39 heavy (non-hydrogen) atoms. The highest BCUT2D eigenvalue weighted by atomic mass is 16.2. The molecule has 7 heteroatoms. The lowest BCUT2D eigenvalue weighted by atomic mass is 9.79. The molecule has 198 valence electrons. The summed E-state index contributed by atoms with van der Waals surface area (Å²) in [6, 6.07) is 24.5. The fraction of sp³-hybridized carbons (Fsp3) is 0.344. The van der Waals surface area contributed by atoms with Gasteiger partial charge in [0.2, 0.25) is 5.91 Å². The van der Waals surface area contributed by atoms with Gasteiger partial charge in [-0.25, -0.2) is 4.98 Å². The zero-order valence-electron chi connectivity index (χ0n) is 21.8. The summed E-state index contributed by atoms with van der Waals surface area (Å²) in [5.74, 6) is 0.121. The summed E-state index contributed by atoms with van der Waals surface area (Å²) in [6.45, 7) is 0.737. The van der Waals surface area contributed by atoms with Crippen LogP contribution in [-0.2, 0) is 4.79 Å². The number of benzene rings is 3. The number of rotatable bonds is 4. The predicted octanol–water partition coefficient (Wildman–Crippen LogP) is 5.61. The smallest absolute Gasteiger partial charge is 0.251 e. The number of nitrogens with one attached hydrogen (secondary N) is 3. The molecule has 1 saturated heterocycles. The van der Waals surface area contributed by atoms with Crippen LogP contribution in [0.3, 0.4) is 0 Å². The van der Waals surface area contributed by atoms with Crippen LogP contribution >= 0.6 is 0 Å².